The van der Waals surface area contributed by atoms with Gasteiger partial charge in [0.25, 0.3) is 0 Å². The Morgan fingerprint density at radius 2 is 1.92 bits per heavy atom. The summed E-state index contributed by atoms with van der Waals surface area (Å²) >= 11 is 0. The standard InChI is InChI=1S/C39H37F3N8O3/c1-3-25-28(41)8-5-20-11-24(51)12-26(30(20)25)31-33(42)35-32(27-18-47(2)46-34(27)31)36(48-16-22-6-7-23(17-48)50(22)37(52)29-14-43-29)45-38(44-35)53-19-39-9-4-10-49(39)15-21(40)13-39/h1,5,8,11-12,18,21-23,29,43,51H,4,6-7,9-10,13-17,19H2,2H3/t21-,22-,23+,29?,39+/m1/s1. The van der Waals surface area contributed by atoms with Crippen molar-refractivity contribution >= 4 is 44.3 Å². The molecule has 272 valence electrons. The van der Waals surface area contributed by atoms with Crippen molar-refractivity contribution in [1.82, 2.24) is 34.9 Å². The first-order chi connectivity index (χ1) is 25.6. The average Bonchev–Trinajstić information content (AvgIpc) is 3.60. The van der Waals surface area contributed by atoms with Gasteiger partial charge in [-0.25, -0.2) is 13.2 Å². The quantitative estimate of drug-likeness (QED) is 0.194. The van der Waals surface area contributed by atoms with Gasteiger partial charge < -0.3 is 25.0 Å². The second-order valence-electron chi connectivity index (χ2n) is 15.3. The molecule has 5 atom stereocenters. The van der Waals surface area contributed by atoms with Gasteiger partial charge in [0.2, 0.25) is 5.91 Å². The fourth-order valence-electron chi connectivity index (χ4n) is 9.71. The summed E-state index contributed by atoms with van der Waals surface area (Å²) in [5, 5.41) is 20.3. The molecule has 2 N–H and O–H groups in total. The van der Waals surface area contributed by atoms with Crippen LogP contribution in [0.15, 0.2) is 30.5 Å². The molecule has 5 aliphatic heterocycles. The maximum Gasteiger partial charge on any atom is 0.319 e. The van der Waals surface area contributed by atoms with Gasteiger partial charge in [0, 0.05) is 74.3 Å². The number of nitrogens with zero attached hydrogens (tertiary/aromatic N) is 7. The Balaban J connectivity index is 1.18. The van der Waals surface area contributed by atoms with Gasteiger partial charge in [-0.05, 0) is 61.4 Å². The van der Waals surface area contributed by atoms with Gasteiger partial charge in [-0.2, -0.15) is 15.1 Å². The van der Waals surface area contributed by atoms with Crippen LogP contribution in [-0.4, -0.2) is 110 Å². The molecular weight excluding hydrogens is 685 g/mol. The number of carbonyl (C=O) groups excluding carboxylic acids is 1. The molecule has 1 amide bonds. The summed E-state index contributed by atoms with van der Waals surface area (Å²) in [5.74, 6) is 1.41. The molecule has 0 saturated carbocycles. The highest BCUT2D eigenvalue weighted by Gasteiger charge is 2.50. The third kappa shape index (κ3) is 4.96. The summed E-state index contributed by atoms with van der Waals surface area (Å²) in [4.78, 5) is 29.2. The van der Waals surface area contributed by atoms with E-state index in [4.69, 9.17) is 26.2 Å². The van der Waals surface area contributed by atoms with Crippen LogP contribution in [0.1, 0.15) is 37.7 Å². The number of aromatic hydroxyl groups is 1. The summed E-state index contributed by atoms with van der Waals surface area (Å²) in [5.41, 5.74) is -0.187. The van der Waals surface area contributed by atoms with Crippen molar-refractivity contribution in [2.45, 2.75) is 61.9 Å². The third-order valence-corrected chi connectivity index (χ3v) is 12.1. The maximum atomic E-state index is 17.7. The van der Waals surface area contributed by atoms with Crippen LogP contribution in [0.25, 0.3) is 43.7 Å². The van der Waals surface area contributed by atoms with E-state index in [9.17, 15) is 14.3 Å². The fraction of sp³-hybridized carbons (Fsp3) is 0.436. The number of alkyl halides is 1. The van der Waals surface area contributed by atoms with Gasteiger partial charge in [-0.3, -0.25) is 14.4 Å². The molecule has 11 nitrogen and oxygen atoms in total. The number of nitrogens with one attached hydrogen (secondary N) is 1. The number of aryl methyl sites for hydroxylation is 1. The molecule has 3 aromatic carbocycles. The normalized spacial score (nSPS) is 26.5. The van der Waals surface area contributed by atoms with E-state index >= 15 is 8.78 Å². The summed E-state index contributed by atoms with van der Waals surface area (Å²) in [6.07, 6.45) is 10.4. The van der Waals surface area contributed by atoms with Crippen molar-refractivity contribution in [3.63, 3.8) is 0 Å². The molecule has 0 aliphatic carbocycles. The largest absolute Gasteiger partial charge is 0.508 e. The Hall–Kier alpha value is -5.13. The first-order valence-electron chi connectivity index (χ1n) is 18.2. The monoisotopic (exact) mass is 722 g/mol. The highest BCUT2D eigenvalue weighted by Crippen LogP contribution is 2.46. The van der Waals surface area contributed by atoms with Crippen LogP contribution in [0.5, 0.6) is 11.8 Å². The van der Waals surface area contributed by atoms with E-state index < -0.39 is 23.3 Å². The second kappa shape index (κ2) is 11.7. The van der Waals surface area contributed by atoms with Gasteiger partial charge in [0.15, 0.2) is 5.82 Å². The first kappa shape index (κ1) is 32.5. The van der Waals surface area contributed by atoms with Crippen LogP contribution in [0.3, 0.4) is 0 Å². The zero-order valence-corrected chi connectivity index (χ0v) is 29.1. The Morgan fingerprint density at radius 3 is 2.68 bits per heavy atom. The molecule has 5 fully saturated rings. The van der Waals surface area contributed by atoms with Crippen LogP contribution in [-0.2, 0) is 11.8 Å². The molecule has 1 unspecified atom stereocenters. The van der Waals surface area contributed by atoms with Gasteiger partial charge >= 0.3 is 6.01 Å². The van der Waals surface area contributed by atoms with Gasteiger partial charge in [0.05, 0.1) is 22.5 Å². The molecule has 5 aliphatic rings. The number of rotatable bonds is 6. The number of hydrogen-bond donors (Lipinski definition) is 2. The summed E-state index contributed by atoms with van der Waals surface area (Å²) in [7, 11) is 1.72. The SMILES string of the molecule is C#Cc1c(F)ccc2cc(O)cc(-c3c(F)c4nc(OC[C@@]56CCCN5C[C@H](F)C6)nc(N5C[C@H]6CC[C@@H](C5)N6C(=O)C5CN5)c4c4cn(C)nc34)c12. The van der Waals surface area contributed by atoms with Gasteiger partial charge in [0.1, 0.15) is 41.2 Å². The van der Waals surface area contributed by atoms with Crippen molar-refractivity contribution in [3.8, 4) is 35.2 Å². The average molecular weight is 723 g/mol. The number of aromatic nitrogens is 4. The number of piperazine rings is 1. The first-order valence-corrected chi connectivity index (χ1v) is 18.2. The van der Waals surface area contributed by atoms with Crippen molar-refractivity contribution < 1.29 is 27.8 Å². The molecule has 53 heavy (non-hydrogen) atoms. The van der Waals surface area contributed by atoms with E-state index in [0.717, 1.165) is 32.2 Å². The highest BCUT2D eigenvalue weighted by atomic mass is 19.1. The van der Waals surface area contributed by atoms with Gasteiger partial charge in [-0.15, -0.1) is 6.42 Å². The van der Waals surface area contributed by atoms with Crippen molar-refractivity contribution in [2.24, 2.45) is 7.05 Å². The molecular formula is C39H37F3N8O3. The van der Waals surface area contributed by atoms with E-state index in [0.29, 0.717) is 54.6 Å². The summed E-state index contributed by atoms with van der Waals surface area (Å²) in [6.45, 7) is 2.92. The number of fused-ring (bicyclic) bond motifs is 7. The Labute approximate surface area is 302 Å². The minimum absolute atomic E-state index is 0.00394. The maximum absolute atomic E-state index is 17.7. The Morgan fingerprint density at radius 1 is 1.13 bits per heavy atom. The molecule has 10 rings (SSSR count). The van der Waals surface area contributed by atoms with Crippen LogP contribution >= 0.6 is 0 Å². The van der Waals surface area contributed by atoms with Crippen LogP contribution in [0.4, 0.5) is 19.0 Å². The minimum atomic E-state index is -0.957. The van der Waals surface area contributed by atoms with E-state index in [1.165, 1.54) is 24.3 Å². The van der Waals surface area contributed by atoms with Crippen molar-refractivity contribution in [2.75, 3.05) is 44.2 Å². The number of ether oxygens (including phenoxy) is 1. The lowest BCUT2D eigenvalue weighted by atomic mass is 9.91. The van der Waals surface area contributed by atoms with Crippen molar-refractivity contribution in [3.05, 3.63) is 47.7 Å². The number of carbonyl (C=O) groups is 1. The highest BCUT2D eigenvalue weighted by molar-refractivity contribution is 6.18. The van der Waals surface area contributed by atoms with Crippen molar-refractivity contribution in [1.29, 1.82) is 0 Å². The number of phenolic OH excluding ortho intramolecular Hbond substituents is 1. The predicted molar refractivity (Wildman–Crippen MR) is 192 cm³/mol. The topological polar surface area (TPSA) is 122 Å². The lowest BCUT2D eigenvalue weighted by Crippen LogP contribution is -2.57. The number of benzene rings is 3. The second-order valence-corrected chi connectivity index (χ2v) is 15.3. The zero-order chi connectivity index (χ0) is 36.3. The number of hydrogen-bond acceptors (Lipinski definition) is 9. The minimum Gasteiger partial charge on any atom is -0.508 e. The Kier molecular flexibility index (Phi) is 7.17. The lowest BCUT2D eigenvalue weighted by Gasteiger charge is -2.42. The molecule has 2 bridgehead atoms. The number of anilines is 1. The number of terminal acetylenes is 1. The Bertz CT molecular complexity index is 2410. The third-order valence-electron chi connectivity index (χ3n) is 12.1. The fourth-order valence-corrected chi connectivity index (χ4v) is 9.71. The van der Waals surface area contributed by atoms with Gasteiger partial charge in [-0.1, -0.05) is 12.0 Å². The van der Waals surface area contributed by atoms with E-state index in [1.807, 2.05) is 4.90 Å². The van der Waals surface area contributed by atoms with E-state index in [1.54, 1.807) is 17.9 Å². The summed E-state index contributed by atoms with van der Waals surface area (Å²) < 4.78 is 55.5. The molecule has 5 saturated heterocycles. The molecule has 0 spiro atoms. The molecule has 0 radical (unpaired) electrons. The molecule has 2 aromatic heterocycles. The lowest BCUT2D eigenvalue weighted by molar-refractivity contribution is -0.133. The number of phenols is 1. The van der Waals surface area contributed by atoms with E-state index in [-0.39, 0.29) is 75.5 Å². The van der Waals surface area contributed by atoms with Crippen LogP contribution in [0.2, 0.25) is 0 Å². The zero-order valence-electron chi connectivity index (χ0n) is 29.1. The molecule has 5 aromatic rings. The molecule has 14 heteroatoms. The smallest absolute Gasteiger partial charge is 0.319 e. The van der Waals surface area contributed by atoms with Crippen LogP contribution in [0, 0.1) is 24.0 Å². The summed E-state index contributed by atoms with van der Waals surface area (Å²) in [6, 6.07) is 5.25. The molecule has 7 heterocycles. The predicted octanol–water partition coefficient (Wildman–Crippen LogP) is 4.41. The number of amides is 1. The number of halogens is 3. The van der Waals surface area contributed by atoms with E-state index in [2.05, 4.69) is 21.0 Å². The van der Waals surface area contributed by atoms with Crippen LogP contribution < -0.4 is 15.0 Å².